The summed E-state index contributed by atoms with van der Waals surface area (Å²) in [6, 6.07) is 0. The molecule has 1 atom stereocenters. The first-order valence-electron chi connectivity index (χ1n) is 3.94. The van der Waals surface area contributed by atoms with E-state index in [1.165, 1.54) is 0 Å². The van der Waals surface area contributed by atoms with Crippen molar-refractivity contribution < 1.29 is 9.90 Å². The van der Waals surface area contributed by atoms with Gasteiger partial charge in [0, 0.05) is 0 Å². The van der Waals surface area contributed by atoms with Crippen molar-refractivity contribution in [2.45, 2.75) is 39.2 Å². The summed E-state index contributed by atoms with van der Waals surface area (Å²) < 4.78 is 0. The van der Waals surface area contributed by atoms with Crippen LogP contribution in [0.4, 0.5) is 0 Å². The van der Waals surface area contributed by atoms with E-state index in [0.29, 0.717) is 12.8 Å². The Labute approximate surface area is 67.6 Å². The molecule has 3 N–H and O–H groups in total. The number of primary amides is 1. The first kappa shape index (κ1) is 10.4. The lowest BCUT2D eigenvalue weighted by Gasteiger charge is -2.24. The van der Waals surface area contributed by atoms with Crippen molar-refractivity contribution >= 4 is 5.91 Å². The molecule has 0 aromatic rings. The molecule has 0 unspecified atom stereocenters. The van der Waals surface area contributed by atoms with Gasteiger partial charge in [-0.1, -0.05) is 20.8 Å². The number of hydrogen-bond donors (Lipinski definition) is 2. The highest BCUT2D eigenvalue weighted by atomic mass is 16.3. The van der Waals surface area contributed by atoms with Gasteiger partial charge >= 0.3 is 0 Å². The van der Waals surface area contributed by atoms with E-state index >= 15 is 0 Å². The van der Waals surface area contributed by atoms with Crippen LogP contribution < -0.4 is 5.73 Å². The average molecular weight is 159 g/mol. The Hall–Kier alpha value is -0.570. The molecule has 3 nitrogen and oxygen atoms in total. The second kappa shape index (κ2) is 3.72. The summed E-state index contributed by atoms with van der Waals surface area (Å²) in [4.78, 5) is 10.8. The number of amides is 1. The fraction of sp³-hybridized carbons (Fsp3) is 0.875. The predicted octanol–water partition coefficient (Wildman–Crippen LogP) is 0.659. The monoisotopic (exact) mass is 159 g/mol. The molecule has 0 aliphatic heterocycles. The third-order valence-electron chi connectivity index (χ3n) is 1.79. The maximum Gasteiger partial charge on any atom is 0.249 e. The van der Waals surface area contributed by atoms with Crippen molar-refractivity contribution in [2.24, 2.45) is 11.7 Å². The van der Waals surface area contributed by atoms with Crippen LogP contribution in [-0.4, -0.2) is 16.6 Å². The van der Waals surface area contributed by atoms with Gasteiger partial charge in [-0.25, -0.2) is 0 Å². The molecule has 0 aromatic carbocycles. The minimum absolute atomic E-state index is 0.285. The molecule has 0 rings (SSSR count). The van der Waals surface area contributed by atoms with Crippen molar-refractivity contribution in [1.82, 2.24) is 0 Å². The van der Waals surface area contributed by atoms with E-state index in [1.807, 2.05) is 13.8 Å². The summed E-state index contributed by atoms with van der Waals surface area (Å²) >= 11 is 0. The van der Waals surface area contributed by atoms with Crippen LogP contribution >= 0.6 is 0 Å². The van der Waals surface area contributed by atoms with E-state index in [2.05, 4.69) is 0 Å². The molecule has 0 saturated carbocycles. The summed E-state index contributed by atoms with van der Waals surface area (Å²) in [5.41, 5.74) is 3.74. The first-order chi connectivity index (χ1) is 4.92. The van der Waals surface area contributed by atoms with Gasteiger partial charge in [-0.05, 0) is 18.8 Å². The number of hydrogen-bond acceptors (Lipinski definition) is 2. The lowest BCUT2D eigenvalue weighted by Crippen LogP contribution is -2.44. The summed E-state index contributed by atoms with van der Waals surface area (Å²) in [5.74, 6) is -0.332. The zero-order valence-electron chi connectivity index (χ0n) is 7.42. The quantitative estimate of drug-likeness (QED) is 0.633. The van der Waals surface area contributed by atoms with Crippen LogP contribution in [0.1, 0.15) is 33.6 Å². The van der Waals surface area contributed by atoms with Crippen LogP contribution in [0.3, 0.4) is 0 Å². The number of nitrogens with two attached hydrogens (primary N) is 1. The highest BCUT2D eigenvalue weighted by molar-refractivity contribution is 5.83. The van der Waals surface area contributed by atoms with E-state index in [-0.39, 0.29) is 5.92 Å². The van der Waals surface area contributed by atoms with Crippen LogP contribution in [0.15, 0.2) is 0 Å². The molecule has 0 radical (unpaired) electrons. The zero-order chi connectivity index (χ0) is 9.07. The normalized spacial score (nSPS) is 16.5. The van der Waals surface area contributed by atoms with Crippen LogP contribution in [0, 0.1) is 5.92 Å². The van der Waals surface area contributed by atoms with Crippen molar-refractivity contribution in [3.05, 3.63) is 0 Å². The smallest absolute Gasteiger partial charge is 0.249 e. The van der Waals surface area contributed by atoms with Gasteiger partial charge in [-0.3, -0.25) is 4.79 Å². The highest BCUT2D eigenvalue weighted by Gasteiger charge is 2.31. The lowest BCUT2D eigenvalue weighted by molar-refractivity contribution is -0.138. The van der Waals surface area contributed by atoms with Crippen LogP contribution in [-0.2, 0) is 4.79 Å². The lowest BCUT2D eigenvalue weighted by atomic mass is 9.89. The molecular weight excluding hydrogens is 142 g/mol. The summed E-state index contributed by atoms with van der Waals surface area (Å²) in [6.45, 7) is 5.65. The van der Waals surface area contributed by atoms with Crippen molar-refractivity contribution in [1.29, 1.82) is 0 Å². The maximum absolute atomic E-state index is 10.8. The largest absolute Gasteiger partial charge is 0.380 e. The van der Waals surface area contributed by atoms with Gasteiger partial charge in [0.2, 0.25) is 5.91 Å². The van der Waals surface area contributed by atoms with Gasteiger partial charge in [0.25, 0.3) is 0 Å². The van der Waals surface area contributed by atoms with Gasteiger partial charge in [0.1, 0.15) is 5.60 Å². The number of aliphatic hydroxyl groups is 1. The zero-order valence-corrected chi connectivity index (χ0v) is 7.42. The minimum atomic E-state index is -1.30. The van der Waals surface area contributed by atoms with E-state index in [0.717, 1.165) is 0 Å². The molecule has 0 aliphatic carbocycles. The van der Waals surface area contributed by atoms with Crippen LogP contribution in [0.5, 0.6) is 0 Å². The third-order valence-corrected chi connectivity index (χ3v) is 1.79. The summed E-state index contributed by atoms with van der Waals surface area (Å²) in [5, 5.41) is 9.59. The summed E-state index contributed by atoms with van der Waals surface area (Å²) in [6.07, 6.45) is 0.833. The standard InChI is InChI=1S/C8H17NO2/c1-4-8(11,7(9)10)5-6(2)3/h6,11H,4-5H2,1-3H3,(H2,9,10)/t8-/m0/s1. The van der Waals surface area contributed by atoms with Gasteiger partial charge in [-0.15, -0.1) is 0 Å². The minimum Gasteiger partial charge on any atom is -0.380 e. The molecule has 0 heterocycles. The molecule has 1 amide bonds. The molecule has 0 fully saturated rings. The second-order valence-corrected chi connectivity index (χ2v) is 3.35. The van der Waals surface area contributed by atoms with Crippen LogP contribution in [0.25, 0.3) is 0 Å². The number of carbonyl (C=O) groups excluding carboxylic acids is 1. The highest BCUT2D eigenvalue weighted by Crippen LogP contribution is 2.19. The fourth-order valence-corrected chi connectivity index (χ4v) is 1.09. The van der Waals surface area contributed by atoms with E-state index in [1.54, 1.807) is 6.92 Å². The number of carbonyl (C=O) groups is 1. The molecule has 0 saturated heterocycles. The van der Waals surface area contributed by atoms with Crippen molar-refractivity contribution in [3.8, 4) is 0 Å². The van der Waals surface area contributed by atoms with Gasteiger partial charge in [-0.2, -0.15) is 0 Å². The van der Waals surface area contributed by atoms with Crippen molar-refractivity contribution in [3.63, 3.8) is 0 Å². The maximum atomic E-state index is 10.8. The molecule has 0 aromatic heterocycles. The topological polar surface area (TPSA) is 63.3 Å². The Morgan fingerprint density at radius 1 is 1.64 bits per heavy atom. The molecule has 3 heteroatoms. The van der Waals surface area contributed by atoms with E-state index in [4.69, 9.17) is 5.73 Å². The molecule has 0 aliphatic rings. The Morgan fingerprint density at radius 3 is 2.18 bits per heavy atom. The van der Waals surface area contributed by atoms with E-state index < -0.39 is 11.5 Å². The van der Waals surface area contributed by atoms with Crippen molar-refractivity contribution in [2.75, 3.05) is 0 Å². The fourth-order valence-electron chi connectivity index (χ4n) is 1.09. The molecular formula is C8H17NO2. The Kier molecular flexibility index (Phi) is 3.52. The summed E-state index contributed by atoms with van der Waals surface area (Å²) in [7, 11) is 0. The van der Waals surface area contributed by atoms with Crippen LogP contribution in [0.2, 0.25) is 0 Å². The van der Waals surface area contributed by atoms with E-state index in [9.17, 15) is 9.90 Å². The SMILES string of the molecule is CC[C@](O)(CC(C)C)C(N)=O. The first-order valence-corrected chi connectivity index (χ1v) is 3.94. The van der Waals surface area contributed by atoms with Gasteiger partial charge < -0.3 is 10.8 Å². The molecule has 0 spiro atoms. The van der Waals surface area contributed by atoms with Gasteiger partial charge in [0.05, 0.1) is 0 Å². The molecule has 11 heavy (non-hydrogen) atoms. The van der Waals surface area contributed by atoms with Gasteiger partial charge in [0.15, 0.2) is 0 Å². The molecule has 66 valence electrons. The Bertz CT molecular complexity index is 145. The Balaban J connectivity index is 4.22. The average Bonchev–Trinajstić information content (AvgIpc) is 1.86. The predicted molar refractivity (Wildman–Crippen MR) is 43.9 cm³/mol. The Morgan fingerprint density at radius 2 is 2.09 bits per heavy atom. The second-order valence-electron chi connectivity index (χ2n) is 3.35. The number of rotatable bonds is 4. The molecule has 0 bridgehead atoms. The third kappa shape index (κ3) is 2.89.